The van der Waals surface area contributed by atoms with E-state index in [9.17, 15) is 31.4 Å². The third kappa shape index (κ3) is 4.83. The van der Waals surface area contributed by atoms with E-state index >= 15 is 0 Å². The second-order valence-electron chi connectivity index (χ2n) is 7.97. The van der Waals surface area contributed by atoms with E-state index in [1.54, 1.807) is 0 Å². The van der Waals surface area contributed by atoms with Gasteiger partial charge in [-0.1, -0.05) is 13.8 Å². The highest BCUT2D eigenvalue weighted by molar-refractivity contribution is 5.50. The molecule has 3 N–H and O–H groups in total. The molecule has 0 bridgehead atoms. The average molecular weight is 449 g/mol. The van der Waals surface area contributed by atoms with Gasteiger partial charge in [0.05, 0.1) is 5.56 Å². The van der Waals surface area contributed by atoms with Gasteiger partial charge in [0, 0.05) is 43.3 Å². The number of hydrogen-bond acceptors (Lipinski definition) is 6. The maximum atomic E-state index is 13.4. The van der Waals surface area contributed by atoms with Crippen LogP contribution >= 0.6 is 0 Å². The second kappa shape index (κ2) is 8.13. The van der Waals surface area contributed by atoms with E-state index in [2.05, 4.69) is 25.6 Å². The summed E-state index contributed by atoms with van der Waals surface area (Å²) in [5.74, 6) is -0.796. The lowest BCUT2D eigenvalue weighted by atomic mass is 9.59. The van der Waals surface area contributed by atoms with Gasteiger partial charge in [-0.15, -0.1) is 0 Å². The highest BCUT2D eigenvalue weighted by Crippen LogP contribution is 2.48. The predicted molar refractivity (Wildman–Crippen MR) is 100.0 cm³/mol. The van der Waals surface area contributed by atoms with Gasteiger partial charge in [0.2, 0.25) is 5.95 Å². The van der Waals surface area contributed by atoms with Crippen LogP contribution in [0.2, 0.25) is 0 Å². The summed E-state index contributed by atoms with van der Waals surface area (Å²) in [7, 11) is 0. The molecule has 6 nitrogen and oxygen atoms in total. The molecular formula is C19H21F6N5O. The van der Waals surface area contributed by atoms with E-state index in [0.717, 1.165) is 18.5 Å². The molecule has 0 amide bonds. The van der Waals surface area contributed by atoms with E-state index in [1.165, 1.54) is 0 Å². The molecular weight excluding hydrogens is 428 g/mol. The molecule has 1 aliphatic rings. The van der Waals surface area contributed by atoms with Crippen LogP contribution in [0.1, 0.15) is 37.0 Å². The highest BCUT2D eigenvalue weighted by atomic mass is 19.4. The number of aromatic nitrogens is 3. The fourth-order valence-corrected chi connectivity index (χ4v) is 3.54. The summed E-state index contributed by atoms with van der Waals surface area (Å²) < 4.78 is 79.5. The van der Waals surface area contributed by atoms with Crippen molar-refractivity contribution in [2.24, 2.45) is 11.3 Å². The van der Waals surface area contributed by atoms with Crippen LogP contribution in [-0.2, 0) is 18.9 Å². The molecule has 0 aromatic carbocycles. The number of pyridine rings is 1. The minimum Gasteiger partial charge on any atom is -0.396 e. The van der Waals surface area contributed by atoms with E-state index in [-0.39, 0.29) is 36.6 Å². The average Bonchev–Trinajstić information content (AvgIpc) is 2.68. The minimum atomic E-state index is -4.72. The number of anilines is 2. The van der Waals surface area contributed by atoms with Crippen LogP contribution in [0.3, 0.4) is 0 Å². The van der Waals surface area contributed by atoms with Crippen molar-refractivity contribution >= 4 is 11.8 Å². The van der Waals surface area contributed by atoms with Crippen molar-refractivity contribution in [3.63, 3.8) is 0 Å². The van der Waals surface area contributed by atoms with Crippen LogP contribution in [0.5, 0.6) is 0 Å². The van der Waals surface area contributed by atoms with Crippen LogP contribution in [0.15, 0.2) is 24.7 Å². The molecule has 1 fully saturated rings. The van der Waals surface area contributed by atoms with Crippen LogP contribution in [0.4, 0.5) is 38.1 Å². The standard InChI is InChI=1S/C19H21F6N5O/c1-17(2)11(9-31)5-14(17)29-15-13(19(23,24)25)8-28-16(30-15)27-7-10-6-26-4-3-12(10)18(20,21)22/h3-4,6,8,11,14,31H,5,7,9H2,1-2H3,(H2,27,28,29,30)/t11-,14+/m0/s1. The van der Waals surface area contributed by atoms with Crippen LogP contribution in [0.25, 0.3) is 0 Å². The van der Waals surface area contributed by atoms with Gasteiger partial charge in [0.15, 0.2) is 0 Å². The van der Waals surface area contributed by atoms with Crippen LogP contribution in [0, 0.1) is 11.3 Å². The predicted octanol–water partition coefficient (Wildman–Crippen LogP) is 4.34. The second-order valence-corrected chi connectivity index (χ2v) is 7.97. The monoisotopic (exact) mass is 449 g/mol. The summed E-state index contributed by atoms with van der Waals surface area (Å²) >= 11 is 0. The van der Waals surface area contributed by atoms with Crippen molar-refractivity contribution in [1.82, 2.24) is 15.0 Å². The van der Waals surface area contributed by atoms with E-state index < -0.39 is 34.7 Å². The molecule has 2 aromatic rings. The zero-order valence-electron chi connectivity index (χ0n) is 16.6. The molecule has 0 aliphatic heterocycles. The van der Waals surface area contributed by atoms with Crippen molar-refractivity contribution in [2.45, 2.75) is 45.2 Å². The Kier molecular flexibility index (Phi) is 6.05. The Hall–Kier alpha value is -2.63. The highest BCUT2D eigenvalue weighted by Gasteiger charge is 2.48. The fourth-order valence-electron chi connectivity index (χ4n) is 3.54. The SMILES string of the molecule is CC1(C)[C@H](CO)C[C@H]1Nc1nc(NCc2cnccc2C(F)(F)F)ncc1C(F)(F)F. The number of aliphatic hydroxyl groups excluding tert-OH is 1. The molecule has 1 aliphatic carbocycles. The summed E-state index contributed by atoms with van der Waals surface area (Å²) in [5.41, 5.74) is -2.66. The van der Waals surface area contributed by atoms with Gasteiger partial charge in [-0.05, 0) is 23.8 Å². The lowest BCUT2D eigenvalue weighted by Gasteiger charge is -2.52. The van der Waals surface area contributed by atoms with Gasteiger partial charge in [-0.2, -0.15) is 31.3 Å². The number of alkyl halides is 6. The molecule has 2 heterocycles. The van der Waals surface area contributed by atoms with Crippen molar-refractivity contribution in [1.29, 1.82) is 0 Å². The van der Waals surface area contributed by atoms with Gasteiger partial charge in [0.25, 0.3) is 0 Å². The number of rotatable bonds is 6. The van der Waals surface area contributed by atoms with Gasteiger partial charge in [0.1, 0.15) is 11.4 Å². The first-order chi connectivity index (χ1) is 14.3. The number of nitrogens with zero attached hydrogens (tertiary/aromatic N) is 3. The van der Waals surface area contributed by atoms with Crippen molar-refractivity contribution in [2.75, 3.05) is 17.2 Å². The number of hydrogen-bond donors (Lipinski definition) is 3. The smallest absolute Gasteiger partial charge is 0.396 e. The summed E-state index contributed by atoms with van der Waals surface area (Å²) in [5, 5.41) is 14.7. The third-order valence-electron chi connectivity index (χ3n) is 5.74. The van der Waals surface area contributed by atoms with Crippen molar-refractivity contribution in [3.8, 4) is 0 Å². The number of nitrogens with one attached hydrogen (secondary N) is 2. The first-order valence-corrected chi connectivity index (χ1v) is 9.39. The molecule has 31 heavy (non-hydrogen) atoms. The summed E-state index contributed by atoms with van der Waals surface area (Å²) in [6.45, 7) is 3.18. The maximum absolute atomic E-state index is 13.4. The minimum absolute atomic E-state index is 0.0647. The number of aliphatic hydroxyl groups is 1. The van der Waals surface area contributed by atoms with E-state index in [0.29, 0.717) is 12.6 Å². The van der Waals surface area contributed by atoms with E-state index in [1.807, 2.05) is 13.8 Å². The molecule has 170 valence electrons. The Morgan fingerprint density at radius 2 is 1.77 bits per heavy atom. The summed E-state index contributed by atoms with van der Waals surface area (Å²) in [6.07, 6.45) is -6.27. The normalized spacial score (nSPS) is 20.8. The molecule has 0 saturated heterocycles. The molecule has 0 spiro atoms. The maximum Gasteiger partial charge on any atom is 0.421 e. The molecule has 12 heteroatoms. The topological polar surface area (TPSA) is 83.0 Å². The van der Waals surface area contributed by atoms with Gasteiger partial charge in [-0.3, -0.25) is 4.98 Å². The lowest BCUT2D eigenvalue weighted by molar-refractivity contribution is -0.138. The zero-order chi connectivity index (χ0) is 23.0. The zero-order valence-corrected chi connectivity index (χ0v) is 16.6. The van der Waals surface area contributed by atoms with Gasteiger partial charge in [-0.25, -0.2) is 4.98 Å². The molecule has 2 aromatic heterocycles. The van der Waals surface area contributed by atoms with Crippen LogP contribution < -0.4 is 10.6 Å². The van der Waals surface area contributed by atoms with Crippen LogP contribution in [-0.4, -0.2) is 32.7 Å². The molecule has 0 radical (unpaired) electrons. The molecule has 3 rings (SSSR count). The van der Waals surface area contributed by atoms with Gasteiger partial charge < -0.3 is 15.7 Å². The Morgan fingerprint density at radius 1 is 1.10 bits per heavy atom. The molecule has 0 unspecified atom stereocenters. The Bertz CT molecular complexity index is 931. The largest absolute Gasteiger partial charge is 0.421 e. The number of halogens is 6. The first kappa shape index (κ1) is 23.0. The Morgan fingerprint density at radius 3 is 2.35 bits per heavy atom. The first-order valence-electron chi connectivity index (χ1n) is 9.39. The van der Waals surface area contributed by atoms with E-state index in [4.69, 9.17) is 0 Å². The lowest BCUT2D eigenvalue weighted by Crippen LogP contribution is -2.55. The fraction of sp³-hybridized carbons (Fsp3) is 0.526. The van der Waals surface area contributed by atoms with Crippen molar-refractivity contribution in [3.05, 3.63) is 41.3 Å². The summed E-state index contributed by atoms with van der Waals surface area (Å²) in [4.78, 5) is 11.1. The quantitative estimate of drug-likeness (QED) is 0.570. The third-order valence-corrected chi connectivity index (χ3v) is 5.74. The Labute approximate surface area is 174 Å². The Balaban J connectivity index is 1.83. The summed E-state index contributed by atoms with van der Waals surface area (Å²) in [6, 6.07) is 0.442. The van der Waals surface area contributed by atoms with Gasteiger partial charge >= 0.3 is 12.4 Å². The van der Waals surface area contributed by atoms with Crippen molar-refractivity contribution < 1.29 is 31.4 Å². The molecule has 1 saturated carbocycles. The molecule has 2 atom stereocenters.